The van der Waals surface area contributed by atoms with Gasteiger partial charge in [0.1, 0.15) is 17.8 Å². The van der Waals surface area contributed by atoms with Crippen molar-refractivity contribution in [3.63, 3.8) is 0 Å². The van der Waals surface area contributed by atoms with Gasteiger partial charge in [0.25, 0.3) is 5.56 Å². The van der Waals surface area contributed by atoms with Crippen LogP contribution in [-0.4, -0.2) is 30.5 Å². The highest BCUT2D eigenvalue weighted by Gasteiger charge is 2.31. The van der Waals surface area contributed by atoms with Crippen LogP contribution in [0.15, 0.2) is 70.1 Å². The van der Waals surface area contributed by atoms with Crippen LogP contribution in [0.4, 0.5) is 19.1 Å². The molecule has 0 radical (unpaired) electrons. The molecule has 12 heteroatoms. The number of amides is 1. The quantitative estimate of drug-likeness (QED) is 0.424. The van der Waals surface area contributed by atoms with Crippen LogP contribution >= 0.6 is 0 Å². The topological polar surface area (TPSA) is 108 Å². The van der Waals surface area contributed by atoms with Gasteiger partial charge in [0.05, 0.1) is 34.8 Å². The lowest BCUT2D eigenvalue weighted by molar-refractivity contribution is -0.137. The summed E-state index contributed by atoms with van der Waals surface area (Å²) >= 11 is 0. The van der Waals surface area contributed by atoms with Gasteiger partial charge >= 0.3 is 6.18 Å². The summed E-state index contributed by atoms with van der Waals surface area (Å²) < 4.78 is 47.3. The van der Waals surface area contributed by atoms with Crippen LogP contribution < -0.4 is 10.9 Å². The molecule has 0 spiro atoms. The molecule has 9 nitrogen and oxygen atoms in total. The van der Waals surface area contributed by atoms with Crippen molar-refractivity contribution in [2.75, 3.05) is 5.32 Å². The zero-order chi connectivity index (χ0) is 23.9. The van der Waals surface area contributed by atoms with E-state index in [2.05, 4.69) is 20.6 Å². The van der Waals surface area contributed by atoms with Crippen molar-refractivity contribution in [2.24, 2.45) is 0 Å². The second kappa shape index (κ2) is 8.14. The Morgan fingerprint density at radius 3 is 2.65 bits per heavy atom. The number of carbonyl (C=O) groups excluding carboxylic acids is 1. The molecule has 0 saturated heterocycles. The summed E-state index contributed by atoms with van der Waals surface area (Å²) in [6.07, 6.45) is -3.09. The Bertz CT molecular complexity index is 1570. The molecule has 34 heavy (non-hydrogen) atoms. The van der Waals surface area contributed by atoms with Crippen LogP contribution in [0.25, 0.3) is 21.9 Å². The van der Waals surface area contributed by atoms with Gasteiger partial charge in [0.15, 0.2) is 0 Å². The van der Waals surface area contributed by atoms with E-state index in [0.29, 0.717) is 22.2 Å². The lowest BCUT2D eigenvalue weighted by Gasteiger charge is -2.10. The number of halogens is 3. The van der Waals surface area contributed by atoms with Crippen molar-refractivity contribution in [1.29, 1.82) is 0 Å². The maximum Gasteiger partial charge on any atom is 0.416 e. The number of benzene rings is 2. The van der Waals surface area contributed by atoms with Crippen molar-refractivity contribution in [2.45, 2.75) is 19.3 Å². The molecule has 0 atom stereocenters. The first-order valence-corrected chi connectivity index (χ1v) is 10.0. The number of imidazole rings is 1. The van der Waals surface area contributed by atoms with Crippen LogP contribution in [0.1, 0.15) is 11.3 Å². The van der Waals surface area contributed by atoms with E-state index in [4.69, 9.17) is 4.42 Å². The van der Waals surface area contributed by atoms with Gasteiger partial charge < -0.3 is 8.98 Å². The third-order valence-electron chi connectivity index (χ3n) is 5.14. The smallest absolute Gasteiger partial charge is 0.416 e. The summed E-state index contributed by atoms with van der Waals surface area (Å²) in [6, 6.07) is 13.1. The van der Waals surface area contributed by atoms with Crippen LogP contribution in [-0.2, 0) is 24.1 Å². The summed E-state index contributed by atoms with van der Waals surface area (Å²) in [4.78, 5) is 29.5. The van der Waals surface area contributed by atoms with Gasteiger partial charge in [0.2, 0.25) is 11.9 Å². The van der Waals surface area contributed by atoms with Gasteiger partial charge in [-0.05, 0) is 42.5 Å². The minimum Gasteiger partial charge on any atom is -0.467 e. The Balaban J connectivity index is 1.49. The second-order valence-corrected chi connectivity index (χ2v) is 7.42. The Morgan fingerprint density at radius 1 is 1.06 bits per heavy atom. The van der Waals surface area contributed by atoms with E-state index < -0.39 is 29.8 Å². The standard InChI is InChI=1S/C22H15F3N6O3/c23-22(24,25)13-7-8-18-17(10-13)26-21(30(18)11-14-4-3-9-34-14)27-19(32)12-31-20(33)15-5-1-2-6-16(15)28-29-31/h1-10H,11-12H2,(H,26,27,32). The molecule has 0 saturated carbocycles. The monoisotopic (exact) mass is 468 g/mol. The molecule has 1 amide bonds. The van der Waals surface area contributed by atoms with E-state index >= 15 is 0 Å². The van der Waals surface area contributed by atoms with Crippen molar-refractivity contribution in [1.82, 2.24) is 24.5 Å². The fraction of sp³-hybridized carbons (Fsp3) is 0.136. The first kappa shape index (κ1) is 21.4. The van der Waals surface area contributed by atoms with Crippen LogP contribution in [0.2, 0.25) is 0 Å². The largest absolute Gasteiger partial charge is 0.467 e. The number of alkyl halides is 3. The number of furan rings is 1. The maximum atomic E-state index is 13.2. The van der Waals surface area contributed by atoms with Gasteiger partial charge in [-0.25, -0.2) is 9.67 Å². The van der Waals surface area contributed by atoms with Gasteiger partial charge in [-0.3, -0.25) is 14.9 Å². The number of nitrogens with one attached hydrogen (secondary N) is 1. The van der Waals surface area contributed by atoms with E-state index in [1.165, 1.54) is 16.9 Å². The minimum absolute atomic E-state index is 0.00229. The Kier molecular flexibility index (Phi) is 5.11. The van der Waals surface area contributed by atoms with Crippen molar-refractivity contribution in [3.05, 3.63) is 82.5 Å². The van der Waals surface area contributed by atoms with Crippen LogP contribution in [0.5, 0.6) is 0 Å². The van der Waals surface area contributed by atoms with Gasteiger partial charge in [-0.1, -0.05) is 17.3 Å². The highest BCUT2D eigenvalue weighted by atomic mass is 19.4. The van der Waals surface area contributed by atoms with Crippen LogP contribution in [0, 0.1) is 0 Å². The fourth-order valence-corrected chi connectivity index (χ4v) is 3.55. The zero-order valence-corrected chi connectivity index (χ0v) is 17.3. The molecule has 1 N–H and O–H groups in total. The molecular weight excluding hydrogens is 453 g/mol. The Labute approximate surface area is 188 Å². The van der Waals surface area contributed by atoms with E-state index in [-0.39, 0.29) is 18.0 Å². The van der Waals surface area contributed by atoms with E-state index in [1.54, 1.807) is 36.4 Å². The first-order valence-electron chi connectivity index (χ1n) is 10.0. The number of hydrogen-bond acceptors (Lipinski definition) is 6. The summed E-state index contributed by atoms with van der Waals surface area (Å²) in [6.45, 7) is -0.353. The molecular formula is C22H15F3N6O3. The average molecular weight is 468 g/mol. The molecule has 0 aliphatic carbocycles. The molecule has 0 bridgehead atoms. The molecule has 5 aromatic rings. The Morgan fingerprint density at radius 2 is 1.88 bits per heavy atom. The summed E-state index contributed by atoms with van der Waals surface area (Å²) in [5.41, 5.74) is -0.565. The first-order chi connectivity index (χ1) is 16.3. The number of rotatable bonds is 5. The molecule has 0 fully saturated rings. The molecule has 5 rings (SSSR count). The summed E-state index contributed by atoms with van der Waals surface area (Å²) in [5.74, 6) is -0.150. The molecule has 0 unspecified atom stereocenters. The van der Waals surface area contributed by atoms with Crippen molar-refractivity contribution < 1.29 is 22.4 Å². The van der Waals surface area contributed by atoms with Gasteiger partial charge in [-0.2, -0.15) is 13.2 Å². The highest BCUT2D eigenvalue weighted by Crippen LogP contribution is 2.32. The van der Waals surface area contributed by atoms with E-state index in [9.17, 15) is 22.8 Å². The lowest BCUT2D eigenvalue weighted by atomic mass is 10.2. The predicted molar refractivity (Wildman–Crippen MR) is 115 cm³/mol. The van der Waals surface area contributed by atoms with Crippen molar-refractivity contribution >= 4 is 33.8 Å². The summed E-state index contributed by atoms with van der Waals surface area (Å²) in [7, 11) is 0. The lowest BCUT2D eigenvalue weighted by Crippen LogP contribution is -2.31. The number of aromatic nitrogens is 5. The van der Waals surface area contributed by atoms with Crippen molar-refractivity contribution in [3.8, 4) is 0 Å². The maximum absolute atomic E-state index is 13.2. The molecule has 3 heterocycles. The zero-order valence-electron chi connectivity index (χ0n) is 17.3. The average Bonchev–Trinajstić information content (AvgIpc) is 3.43. The fourth-order valence-electron chi connectivity index (χ4n) is 3.55. The third-order valence-corrected chi connectivity index (χ3v) is 5.14. The molecule has 0 aliphatic rings. The highest BCUT2D eigenvalue weighted by molar-refractivity contribution is 5.91. The third kappa shape index (κ3) is 4.00. The summed E-state index contributed by atoms with van der Waals surface area (Å²) in [5, 5.41) is 10.6. The molecule has 172 valence electrons. The normalized spacial score (nSPS) is 11.9. The second-order valence-electron chi connectivity index (χ2n) is 7.42. The molecule has 2 aromatic carbocycles. The SMILES string of the molecule is O=C(Cn1nnc2ccccc2c1=O)Nc1nc2cc(C(F)(F)F)ccc2n1Cc1ccco1. The van der Waals surface area contributed by atoms with Gasteiger partial charge in [-0.15, -0.1) is 5.10 Å². The predicted octanol–water partition coefficient (Wildman–Crippen LogP) is 3.44. The minimum atomic E-state index is -4.54. The Hall–Kier alpha value is -4.48. The molecule has 3 aromatic heterocycles. The number of carbonyl (C=O) groups is 1. The van der Waals surface area contributed by atoms with Crippen LogP contribution in [0.3, 0.4) is 0 Å². The van der Waals surface area contributed by atoms with E-state index in [0.717, 1.165) is 16.8 Å². The number of nitrogens with zero attached hydrogens (tertiary/aromatic N) is 5. The van der Waals surface area contributed by atoms with Gasteiger partial charge in [0, 0.05) is 0 Å². The number of fused-ring (bicyclic) bond motifs is 2. The molecule has 0 aliphatic heterocycles. The van der Waals surface area contributed by atoms with E-state index in [1.807, 2.05) is 0 Å². The number of anilines is 1. The number of hydrogen-bond donors (Lipinski definition) is 1.